The largest absolute Gasteiger partial charge is 0.396 e. The zero-order valence-electron chi connectivity index (χ0n) is 10.0. The third-order valence-electron chi connectivity index (χ3n) is 3.31. The van der Waals surface area contributed by atoms with E-state index >= 15 is 0 Å². The number of nitrogens with one attached hydrogen (secondary N) is 1. The van der Waals surface area contributed by atoms with E-state index in [0.29, 0.717) is 12.6 Å². The first-order valence-electron chi connectivity index (χ1n) is 6.43. The molecule has 17 heavy (non-hydrogen) atoms. The molecule has 1 aromatic heterocycles. The molecular formula is C13H20BrNOS. The molecule has 0 bridgehead atoms. The van der Waals surface area contributed by atoms with Crippen LogP contribution in [0.2, 0.25) is 0 Å². The molecule has 96 valence electrons. The molecule has 1 heterocycles. The molecule has 0 fully saturated rings. The fraction of sp³-hybridized carbons (Fsp3) is 0.692. The molecule has 0 aromatic carbocycles. The van der Waals surface area contributed by atoms with Gasteiger partial charge in [0.15, 0.2) is 0 Å². The number of aliphatic hydroxyl groups is 1. The first kappa shape index (κ1) is 13.5. The van der Waals surface area contributed by atoms with E-state index in [1.54, 1.807) is 4.88 Å². The average Bonchev–Trinajstić information content (AvgIpc) is 2.70. The van der Waals surface area contributed by atoms with Gasteiger partial charge < -0.3 is 10.4 Å². The predicted molar refractivity (Wildman–Crippen MR) is 76.6 cm³/mol. The van der Waals surface area contributed by atoms with Crippen molar-refractivity contribution >= 4 is 27.3 Å². The molecule has 0 radical (unpaired) electrons. The second-order valence-electron chi connectivity index (χ2n) is 4.61. The van der Waals surface area contributed by atoms with Crippen molar-refractivity contribution in [1.29, 1.82) is 0 Å². The maximum atomic E-state index is 8.72. The molecule has 2 nitrogen and oxygen atoms in total. The quantitative estimate of drug-likeness (QED) is 0.785. The van der Waals surface area contributed by atoms with Crippen molar-refractivity contribution in [2.45, 2.75) is 44.6 Å². The van der Waals surface area contributed by atoms with Crippen LogP contribution in [0.1, 0.15) is 48.6 Å². The van der Waals surface area contributed by atoms with Gasteiger partial charge in [-0.15, -0.1) is 11.3 Å². The van der Waals surface area contributed by atoms with E-state index in [9.17, 15) is 0 Å². The van der Waals surface area contributed by atoms with E-state index < -0.39 is 0 Å². The molecule has 4 heteroatoms. The number of halogens is 1. The lowest BCUT2D eigenvalue weighted by Crippen LogP contribution is -2.25. The highest BCUT2D eigenvalue weighted by atomic mass is 79.9. The van der Waals surface area contributed by atoms with Gasteiger partial charge in [0.05, 0.1) is 3.79 Å². The molecular weight excluding hydrogens is 298 g/mol. The number of rotatable bonds is 6. The summed E-state index contributed by atoms with van der Waals surface area (Å²) in [7, 11) is 0. The third kappa shape index (κ3) is 3.78. The molecule has 0 saturated carbocycles. The Morgan fingerprint density at radius 1 is 1.41 bits per heavy atom. The van der Waals surface area contributed by atoms with Gasteiger partial charge in [-0.05, 0) is 72.6 Å². The van der Waals surface area contributed by atoms with Gasteiger partial charge >= 0.3 is 0 Å². The SMILES string of the molecule is OCCCCCNC1CCCc2sc(Br)cc21. The molecule has 1 unspecified atom stereocenters. The minimum Gasteiger partial charge on any atom is -0.396 e. The van der Waals surface area contributed by atoms with Crippen LogP contribution in [0.25, 0.3) is 0 Å². The normalized spacial score (nSPS) is 19.3. The molecule has 0 saturated heterocycles. The molecule has 0 amide bonds. The van der Waals surface area contributed by atoms with Crippen LogP contribution in [-0.4, -0.2) is 18.3 Å². The summed E-state index contributed by atoms with van der Waals surface area (Å²) in [6, 6.07) is 2.83. The second-order valence-corrected chi connectivity index (χ2v) is 7.13. The first-order chi connectivity index (χ1) is 8.31. The van der Waals surface area contributed by atoms with Crippen LogP contribution in [0.15, 0.2) is 9.85 Å². The van der Waals surface area contributed by atoms with Crippen LogP contribution in [-0.2, 0) is 6.42 Å². The van der Waals surface area contributed by atoms with Crippen molar-refractivity contribution in [3.8, 4) is 0 Å². The van der Waals surface area contributed by atoms with Gasteiger partial charge in [-0.2, -0.15) is 0 Å². The summed E-state index contributed by atoms with van der Waals surface area (Å²) in [5, 5.41) is 12.4. The Bertz CT molecular complexity index is 353. The summed E-state index contributed by atoms with van der Waals surface area (Å²) in [6.07, 6.45) is 7.02. The van der Waals surface area contributed by atoms with Gasteiger partial charge in [-0.25, -0.2) is 0 Å². The highest BCUT2D eigenvalue weighted by molar-refractivity contribution is 9.11. The highest BCUT2D eigenvalue weighted by Crippen LogP contribution is 2.37. The number of aliphatic hydroxyl groups excluding tert-OH is 1. The summed E-state index contributed by atoms with van der Waals surface area (Å²) in [4.78, 5) is 1.55. The number of hydrogen-bond acceptors (Lipinski definition) is 3. The maximum Gasteiger partial charge on any atom is 0.0704 e. The third-order valence-corrected chi connectivity index (χ3v) is 5.02. The Kier molecular flexibility index (Phi) is 5.48. The fourth-order valence-electron chi connectivity index (χ4n) is 2.42. The van der Waals surface area contributed by atoms with Crippen LogP contribution in [0.5, 0.6) is 0 Å². The Morgan fingerprint density at radius 3 is 3.12 bits per heavy atom. The molecule has 0 aliphatic heterocycles. The molecule has 2 N–H and O–H groups in total. The molecule has 1 atom stereocenters. The Hall–Kier alpha value is 0.100. The van der Waals surface area contributed by atoms with Crippen LogP contribution >= 0.6 is 27.3 Å². The Labute approximate surface area is 116 Å². The summed E-state index contributed by atoms with van der Waals surface area (Å²) in [5.74, 6) is 0. The van der Waals surface area contributed by atoms with Crippen molar-refractivity contribution in [1.82, 2.24) is 5.32 Å². The minimum absolute atomic E-state index is 0.324. The van der Waals surface area contributed by atoms with Crippen LogP contribution in [0.3, 0.4) is 0 Å². The summed E-state index contributed by atoms with van der Waals surface area (Å²) in [5.41, 5.74) is 1.51. The van der Waals surface area contributed by atoms with Crippen LogP contribution in [0.4, 0.5) is 0 Å². The summed E-state index contributed by atoms with van der Waals surface area (Å²) >= 11 is 5.47. The van der Waals surface area contributed by atoms with Gasteiger partial charge in [0.25, 0.3) is 0 Å². The fourth-order valence-corrected chi connectivity index (χ4v) is 4.24. The smallest absolute Gasteiger partial charge is 0.0704 e. The summed E-state index contributed by atoms with van der Waals surface area (Å²) in [6.45, 7) is 1.39. The van der Waals surface area contributed by atoms with Gasteiger partial charge in [0.2, 0.25) is 0 Å². The topological polar surface area (TPSA) is 32.3 Å². The van der Waals surface area contributed by atoms with Crippen molar-refractivity contribution in [2.24, 2.45) is 0 Å². The zero-order valence-corrected chi connectivity index (χ0v) is 12.4. The molecule has 1 aromatic rings. The number of hydrogen-bond donors (Lipinski definition) is 2. The van der Waals surface area contributed by atoms with E-state index in [-0.39, 0.29) is 0 Å². The Balaban J connectivity index is 1.82. The number of unbranched alkanes of at least 4 members (excludes halogenated alkanes) is 2. The standard InChI is InChI=1S/C13H20BrNOS/c14-13-9-10-11(5-4-6-12(10)17-13)15-7-2-1-3-8-16/h9,11,15-16H,1-8H2. The maximum absolute atomic E-state index is 8.72. The monoisotopic (exact) mass is 317 g/mol. The van der Waals surface area contributed by atoms with Gasteiger partial charge in [0, 0.05) is 17.5 Å². The van der Waals surface area contributed by atoms with Gasteiger partial charge in [-0.1, -0.05) is 0 Å². The molecule has 0 spiro atoms. The van der Waals surface area contributed by atoms with E-state index in [2.05, 4.69) is 27.3 Å². The lowest BCUT2D eigenvalue weighted by atomic mass is 9.94. The lowest BCUT2D eigenvalue weighted by Gasteiger charge is -2.23. The predicted octanol–water partition coefficient (Wildman–Crippen LogP) is 3.64. The van der Waals surface area contributed by atoms with Crippen molar-refractivity contribution in [3.05, 3.63) is 20.3 Å². The van der Waals surface area contributed by atoms with Gasteiger partial charge in [-0.3, -0.25) is 0 Å². The van der Waals surface area contributed by atoms with E-state index in [4.69, 9.17) is 5.11 Å². The van der Waals surface area contributed by atoms with Crippen molar-refractivity contribution < 1.29 is 5.11 Å². The molecule has 1 aliphatic carbocycles. The summed E-state index contributed by atoms with van der Waals surface area (Å²) < 4.78 is 1.26. The number of thiophene rings is 1. The zero-order chi connectivity index (χ0) is 12.1. The highest BCUT2D eigenvalue weighted by Gasteiger charge is 2.21. The molecule has 1 aliphatic rings. The second kappa shape index (κ2) is 6.88. The minimum atomic E-state index is 0.324. The average molecular weight is 318 g/mol. The number of fused-ring (bicyclic) bond motifs is 1. The van der Waals surface area contributed by atoms with E-state index in [0.717, 1.165) is 25.8 Å². The first-order valence-corrected chi connectivity index (χ1v) is 8.04. The lowest BCUT2D eigenvalue weighted by molar-refractivity contribution is 0.282. The molecule has 2 rings (SSSR count). The number of aryl methyl sites for hydroxylation is 1. The van der Waals surface area contributed by atoms with E-state index in [1.165, 1.54) is 28.6 Å². The van der Waals surface area contributed by atoms with E-state index in [1.807, 2.05) is 11.3 Å². The van der Waals surface area contributed by atoms with Crippen LogP contribution in [0, 0.1) is 0 Å². The van der Waals surface area contributed by atoms with Crippen molar-refractivity contribution in [3.63, 3.8) is 0 Å². The Morgan fingerprint density at radius 2 is 2.29 bits per heavy atom. The van der Waals surface area contributed by atoms with Gasteiger partial charge in [0.1, 0.15) is 0 Å². The van der Waals surface area contributed by atoms with Crippen LogP contribution < -0.4 is 5.32 Å². The van der Waals surface area contributed by atoms with Crippen molar-refractivity contribution in [2.75, 3.05) is 13.2 Å².